The molecule has 6 aromatic rings. The standard InChI is InChI=1S/2C25H31.C12H9Si.2ClH.Zr/c2*1-7-18(6)20-14-19-12-13-22(17(4)5)25(24(19)15-20)23-11-9-8-10-21(23)16(2)3;1-3-7-11-9(5-1)10-6-2-4-8-12(10)13-11;;;/h2*8-18H,7H2,1-6H3;1-7H,13H2;2*1H;/q;;;;;+2/p-2. The molecule has 4 heteroatoms. The molecular formula is C62H71Cl2SiZr. The van der Waals surface area contributed by atoms with Crippen molar-refractivity contribution in [2.24, 2.45) is 11.8 Å². The molecule has 1 heterocycles. The van der Waals surface area contributed by atoms with Gasteiger partial charge in [0.15, 0.2) is 0 Å². The molecule has 0 fully saturated rings. The minimum atomic E-state index is -5.84. The maximum atomic E-state index is 9.69. The van der Waals surface area contributed by atoms with Crippen molar-refractivity contribution < 1.29 is 16.4 Å². The van der Waals surface area contributed by atoms with E-state index < -0.39 is 25.9 Å². The first-order valence-electron chi connectivity index (χ1n) is 25.3. The van der Waals surface area contributed by atoms with Crippen LogP contribution in [-0.4, -0.2) is 9.52 Å². The minimum absolute atomic E-state index is 0.130. The molecule has 0 saturated carbocycles. The van der Waals surface area contributed by atoms with E-state index in [-0.39, 0.29) is 19.1 Å². The Morgan fingerprint density at radius 3 is 1.30 bits per heavy atom. The van der Waals surface area contributed by atoms with Gasteiger partial charge in [-0.1, -0.05) is 0 Å². The number of allylic oxidation sites excluding steroid dienone is 2. The van der Waals surface area contributed by atoms with E-state index in [1.54, 1.807) is 0 Å². The second-order valence-corrected chi connectivity index (χ2v) is 43.9. The quantitative estimate of drug-likeness (QED) is 0.101. The summed E-state index contributed by atoms with van der Waals surface area (Å²) in [5, 5.41) is 2.99. The van der Waals surface area contributed by atoms with E-state index in [1.807, 2.05) is 0 Å². The van der Waals surface area contributed by atoms with Crippen molar-refractivity contribution in [1.82, 2.24) is 0 Å². The zero-order valence-corrected chi connectivity index (χ0v) is 47.0. The maximum absolute atomic E-state index is 9.69. The van der Waals surface area contributed by atoms with Crippen LogP contribution >= 0.6 is 17.0 Å². The van der Waals surface area contributed by atoms with Crippen molar-refractivity contribution in [3.8, 4) is 33.4 Å². The van der Waals surface area contributed by atoms with Gasteiger partial charge in [-0.3, -0.25) is 0 Å². The molecule has 0 nitrogen and oxygen atoms in total. The van der Waals surface area contributed by atoms with Gasteiger partial charge in [0.25, 0.3) is 0 Å². The van der Waals surface area contributed by atoms with Crippen LogP contribution < -0.4 is 13.6 Å². The third kappa shape index (κ3) is 7.45. The second-order valence-electron chi connectivity index (χ2n) is 21.4. The molecule has 1 aliphatic heterocycles. The number of benzene rings is 6. The first-order chi connectivity index (χ1) is 31.5. The van der Waals surface area contributed by atoms with Gasteiger partial charge in [-0.25, -0.2) is 0 Å². The summed E-state index contributed by atoms with van der Waals surface area (Å²) in [5.41, 5.74) is 22.0. The summed E-state index contributed by atoms with van der Waals surface area (Å²) in [4.78, 5) is 0. The topological polar surface area (TPSA) is 0 Å². The van der Waals surface area contributed by atoms with E-state index in [1.165, 1.54) is 103 Å². The molecule has 0 bridgehead atoms. The molecule has 0 spiro atoms. The number of hydrogen-bond acceptors (Lipinski definition) is 0. The number of halogens is 2. The summed E-state index contributed by atoms with van der Waals surface area (Å²) in [5.74, 6) is 1.99. The Hall–Kier alpha value is -3.52. The first-order valence-corrected chi connectivity index (χ1v) is 37.1. The molecule has 2 aliphatic carbocycles. The Balaban J connectivity index is 1.45. The Labute approximate surface area is 408 Å². The zero-order chi connectivity index (χ0) is 47.0. The molecule has 4 atom stereocenters. The third-order valence-corrected chi connectivity index (χ3v) is 38.9. The van der Waals surface area contributed by atoms with Crippen molar-refractivity contribution in [1.29, 1.82) is 0 Å². The first kappa shape index (κ1) is 47.5. The predicted molar refractivity (Wildman–Crippen MR) is 291 cm³/mol. The van der Waals surface area contributed by atoms with Crippen LogP contribution in [0, 0.1) is 11.8 Å². The van der Waals surface area contributed by atoms with Gasteiger partial charge in [-0.05, 0) is 0 Å². The predicted octanol–water partition coefficient (Wildman–Crippen LogP) is 16.6. The van der Waals surface area contributed by atoms with Gasteiger partial charge in [0.2, 0.25) is 0 Å². The summed E-state index contributed by atoms with van der Waals surface area (Å²) < 4.78 is 1.05. The molecule has 6 aromatic carbocycles. The van der Waals surface area contributed by atoms with Crippen molar-refractivity contribution in [3.05, 3.63) is 171 Å². The van der Waals surface area contributed by atoms with E-state index in [0.717, 1.165) is 12.8 Å². The molecule has 9 rings (SSSR count). The Morgan fingerprint density at radius 2 is 0.864 bits per heavy atom. The number of fused-ring (bicyclic) bond motifs is 5. The molecule has 341 valence electrons. The van der Waals surface area contributed by atoms with Crippen molar-refractivity contribution in [2.45, 2.75) is 127 Å². The van der Waals surface area contributed by atoms with Gasteiger partial charge in [-0.2, -0.15) is 0 Å². The van der Waals surface area contributed by atoms with E-state index in [4.69, 9.17) is 0 Å². The van der Waals surface area contributed by atoms with Gasteiger partial charge in [0, 0.05) is 0 Å². The second kappa shape index (κ2) is 18.1. The summed E-state index contributed by atoms with van der Waals surface area (Å²) in [6.07, 6.45) is 7.27. The fourth-order valence-electron chi connectivity index (χ4n) is 12.6. The van der Waals surface area contributed by atoms with Crippen molar-refractivity contribution in [3.63, 3.8) is 0 Å². The van der Waals surface area contributed by atoms with Crippen LogP contribution in [0.2, 0.25) is 0 Å². The third-order valence-electron chi connectivity index (χ3n) is 16.3. The molecule has 0 N–H and O–H groups in total. The summed E-state index contributed by atoms with van der Waals surface area (Å²) in [6, 6.07) is 44.5. The fourth-order valence-corrected chi connectivity index (χ4v) is 40.6. The van der Waals surface area contributed by atoms with Crippen LogP contribution in [0.4, 0.5) is 0 Å². The summed E-state index contributed by atoms with van der Waals surface area (Å²) >= 11 is -5.84. The van der Waals surface area contributed by atoms with Crippen LogP contribution in [0.3, 0.4) is 0 Å². The van der Waals surface area contributed by atoms with Gasteiger partial charge in [0.1, 0.15) is 0 Å². The normalized spacial score (nSPS) is 18.3. The van der Waals surface area contributed by atoms with E-state index in [0.29, 0.717) is 23.7 Å². The van der Waals surface area contributed by atoms with Gasteiger partial charge < -0.3 is 0 Å². The van der Waals surface area contributed by atoms with Crippen LogP contribution in [0.5, 0.6) is 0 Å². The Kier molecular flexibility index (Phi) is 13.0. The Morgan fingerprint density at radius 1 is 0.455 bits per heavy atom. The van der Waals surface area contributed by atoms with E-state index >= 15 is 0 Å². The molecule has 0 radical (unpaired) electrons. The van der Waals surface area contributed by atoms with Gasteiger partial charge >= 0.3 is 412 Å². The Bertz CT molecular complexity index is 2780. The molecule has 0 saturated heterocycles. The van der Waals surface area contributed by atoms with Crippen molar-refractivity contribution >= 4 is 52.3 Å². The van der Waals surface area contributed by atoms with Crippen LogP contribution in [0.25, 0.3) is 45.5 Å². The molecule has 0 aromatic heterocycles. The van der Waals surface area contributed by atoms with Gasteiger partial charge in [0.05, 0.1) is 0 Å². The fraction of sp³-hybridized carbons (Fsp3) is 0.355. The average molecular weight is 1010 g/mol. The number of hydrogen-bond donors (Lipinski definition) is 0. The zero-order valence-electron chi connectivity index (χ0n) is 41.6. The molecular weight excluding hydrogens is 935 g/mol. The number of rotatable bonds is 13. The molecule has 4 unspecified atom stereocenters. The van der Waals surface area contributed by atoms with E-state index in [9.17, 15) is 17.0 Å². The summed E-state index contributed by atoms with van der Waals surface area (Å²) in [6.45, 7) is 28.4. The molecule has 66 heavy (non-hydrogen) atoms. The van der Waals surface area contributed by atoms with Crippen LogP contribution in [-0.2, 0) is 16.4 Å². The monoisotopic (exact) mass is 1000 g/mol. The van der Waals surface area contributed by atoms with Crippen LogP contribution in [0.15, 0.2) is 126 Å². The average Bonchev–Trinajstić information content (AvgIpc) is 4.03. The summed E-state index contributed by atoms with van der Waals surface area (Å²) in [7, 11) is 18.5. The van der Waals surface area contributed by atoms with Gasteiger partial charge in [-0.15, -0.1) is 0 Å². The molecule has 3 aliphatic rings. The van der Waals surface area contributed by atoms with Crippen molar-refractivity contribution in [2.75, 3.05) is 0 Å². The van der Waals surface area contributed by atoms with Crippen LogP contribution in [0.1, 0.15) is 171 Å². The van der Waals surface area contributed by atoms with E-state index in [2.05, 4.69) is 210 Å². The SMILES string of the molecule is CCC(C)C1=Cc2c(ccc(C(C)C)c2-c2ccccc2C(C)C)[CH]1[Zr]([Cl])([Cl])([c]1cccc2c1[SiH2]c1ccccc1-2)[CH]1C(C(C)CC)=Cc2c1ccc(C(C)C)c2-c1ccccc1C(C)C. The molecule has 0 amide bonds.